The fraction of sp³-hybridized carbons (Fsp3) is 0.367. The number of rotatable bonds is 8. The first-order valence-electron chi connectivity index (χ1n) is 13.3. The SMILES string of the molecule is CC(C)CC(C(=O)N1CCC2C1C(=O)CN2S(=O)(=O)Cc1ccc[nH]c1=O)c1cccc(-c2ccccc2)c1. The number of carbonyl (C=O) groups is 2. The minimum Gasteiger partial charge on any atom is -0.330 e. The minimum atomic E-state index is -3.94. The van der Waals surface area contributed by atoms with E-state index in [9.17, 15) is 22.8 Å². The van der Waals surface area contributed by atoms with Crippen LogP contribution in [0.4, 0.5) is 0 Å². The monoisotopic (exact) mass is 547 g/mol. The van der Waals surface area contributed by atoms with Crippen molar-refractivity contribution in [2.24, 2.45) is 5.92 Å². The van der Waals surface area contributed by atoms with Crippen LogP contribution in [-0.2, 0) is 25.4 Å². The van der Waals surface area contributed by atoms with E-state index < -0.39 is 39.3 Å². The summed E-state index contributed by atoms with van der Waals surface area (Å²) in [6, 6.07) is 19.5. The third-order valence-electron chi connectivity index (χ3n) is 7.66. The third kappa shape index (κ3) is 5.46. The van der Waals surface area contributed by atoms with Crippen LogP contribution in [0.3, 0.4) is 0 Å². The van der Waals surface area contributed by atoms with Gasteiger partial charge >= 0.3 is 0 Å². The molecule has 39 heavy (non-hydrogen) atoms. The Balaban J connectivity index is 1.41. The van der Waals surface area contributed by atoms with Crippen LogP contribution in [0, 0.1) is 5.92 Å². The zero-order chi connectivity index (χ0) is 27.7. The van der Waals surface area contributed by atoms with Crippen LogP contribution in [0.25, 0.3) is 11.1 Å². The van der Waals surface area contributed by atoms with Crippen molar-refractivity contribution in [3.8, 4) is 11.1 Å². The van der Waals surface area contributed by atoms with Crippen LogP contribution < -0.4 is 5.56 Å². The first-order chi connectivity index (χ1) is 18.7. The Labute approximate surface area is 228 Å². The number of sulfonamides is 1. The molecule has 0 spiro atoms. The molecule has 8 nitrogen and oxygen atoms in total. The van der Waals surface area contributed by atoms with Crippen LogP contribution >= 0.6 is 0 Å². The molecule has 2 fully saturated rings. The van der Waals surface area contributed by atoms with E-state index in [1.54, 1.807) is 11.0 Å². The number of fused-ring (bicyclic) bond motifs is 1. The van der Waals surface area contributed by atoms with Gasteiger partial charge in [0.05, 0.1) is 24.3 Å². The lowest BCUT2D eigenvalue weighted by Crippen LogP contribution is -2.45. The van der Waals surface area contributed by atoms with E-state index in [-0.39, 0.29) is 29.7 Å². The highest BCUT2D eigenvalue weighted by Gasteiger charge is 2.54. The van der Waals surface area contributed by atoms with Gasteiger partial charge in [0.2, 0.25) is 15.9 Å². The molecular formula is C30H33N3O5S. The maximum Gasteiger partial charge on any atom is 0.252 e. The molecule has 0 bridgehead atoms. The van der Waals surface area contributed by atoms with Crippen molar-refractivity contribution in [3.63, 3.8) is 0 Å². The zero-order valence-electron chi connectivity index (χ0n) is 22.1. The molecule has 1 aromatic heterocycles. The maximum absolute atomic E-state index is 14.1. The summed E-state index contributed by atoms with van der Waals surface area (Å²) in [5.41, 5.74) is 2.60. The van der Waals surface area contributed by atoms with Crippen molar-refractivity contribution in [1.82, 2.24) is 14.2 Å². The predicted octanol–water partition coefficient (Wildman–Crippen LogP) is 3.56. The summed E-state index contributed by atoms with van der Waals surface area (Å²) in [5, 5.41) is 0. The second-order valence-electron chi connectivity index (χ2n) is 10.8. The number of hydrogen-bond acceptors (Lipinski definition) is 5. The number of nitrogens with zero attached hydrogens (tertiary/aromatic N) is 2. The molecule has 3 aromatic rings. The van der Waals surface area contributed by atoms with Crippen LogP contribution in [0.2, 0.25) is 0 Å². The molecule has 0 aliphatic carbocycles. The van der Waals surface area contributed by atoms with Gasteiger partial charge in [-0.25, -0.2) is 8.42 Å². The van der Waals surface area contributed by atoms with Crippen LogP contribution in [0.15, 0.2) is 77.7 Å². The number of hydrogen-bond donors (Lipinski definition) is 1. The van der Waals surface area contributed by atoms with Gasteiger partial charge in [-0.3, -0.25) is 14.4 Å². The molecule has 0 saturated carbocycles. The van der Waals surface area contributed by atoms with Gasteiger partial charge in [0.25, 0.3) is 5.56 Å². The molecule has 3 heterocycles. The van der Waals surface area contributed by atoms with Crippen LogP contribution in [0.5, 0.6) is 0 Å². The highest BCUT2D eigenvalue weighted by atomic mass is 32.2. The number of pyridine rings is 1. The van der Waals surface area contributed by atoms with E-state index in [4.69, 9.17) is 0 Å². The molecule has 2 saturated heterocycles. The molecular weight excluding hydrogens is 514 g/mol. The molecule has 3 atom stereocenters. The van der Waals surface area contributed by atoms with Crippen LogP contribution in [-0.4, -0.2) is 59.5 Å². The van der Waals surface area contributed by atoms with E-state index in [0.29, 0.717) is 19.4 Å². The summed E-state index contributed by atoms with van der Waals surface area (Å²) in [7, 11) is -3.94. The van der Waals surface area contributed by atoms with Crippen molar-refractivity contribution < 1.29 is 18.0 Å². The number of carbonyl (C=O) groups excluding carboxylic acids is 2. The van der Waals surface area contributed by atoms with E-state index in [1.807, 2.05) is 54.6 Å². The molecule has 3 unspecified atom stereocenters. The second-order valence-corrected chi connectivity index (χ2v) is 12.7. The van der Waals surface area contributed by atoms with Gasteiger partial charge in [-0.1, -0.05) is 74.5 Å². The summed E-state index contributed by atoms with van der Waals surface area (Å²) in [6.45, 7) is 4.15. The largest absolute Gasteiger partial charge is 0.330 e. The number of aromatic nitrogens is 1. The van der Waals surface area contributed by atoms with Gasteiger partial charge in [0.15, 0.2) is 5.78 Å². The van der Waals surface area contributed by atoms with Crippen molar-refractivity contribution in [2.75, 3.05) is 13.1 Å². The highest BCUT2D eigenvalue weighted by molar-refractivity contribution is 7.88. The quantitative estimate of drug-likeness (QED) is 0.464. The summed E-state index contributed by atoms with van der Waals surface area (Å²) in [4.78, 5) is 43.5. The Bertz CT molecular complexity index is 1530. The third-order valence-corrected chi connectivity index (χ3v) is 9.45. The fourth-order valence-electron chi connectivity index (χ4n) is 5.85. The predicted molar refractivity (Wildman–Crippen MR) is 149 cm³/mol. The maximum atomic E-state index is 14.1. The fourth-order valence-corrected chi connectivity index (χ4v) is 7.59. The summed E-state index contributed by atoms with van der Waals surface area (Å²) in [6.07, 6.45) is 2.43. The van der Waals surface area contributed by atoms with Gasteiger partial charge in [0, 0.05) is 18.3 Å². The number of H-pyrrole nitrogens is 1. The smallest absolute Gasteiger partial charge is 0.252 e. The lowest BCUT2D eigenvalue weighted by atomic mass is 9.87. The molecule has 2 aliphatic rings. The lowest BCUT2D eigenvalue weighted by molar-refractivity contribution is -0.138. The first-order valence-corrected chi connectivity index (χ1v) is 14.9. The Kier molecular flexibility index (Phi) is 7.55. The van der Waals surface area contributed by atoms with Gasteiger partial charge in [0.1, 0.15) is 6.04 Å². The molecule has 2 aliphatic heterocycles. The van der Waals surface area contributed by atoms with Gasteiger partial charge in [-0.2, -0.15) is 4.31 Å². The van der Waals surface area contributed by atoms with E-state index in [2.05, 4.69) is 18.8 Å². The molecule has 0 radical (unpaired) electrons. The van der Waals surface area contributed by atoms with Gasteiger partial charge < -0.3 is 9.88 Å². The van der Waals surface area contributed by atoms with E-state index in [1.165, 1.54) is 16.6 Å². The number of ketones is 1. The summed E-state index contributed by atoms with van der Waals surface area (Å²) >= 11 is 0. The minimum absolute atomic E-state index is 0.120. The summed E-state index contributed by atoms with van der Waals surface area (Å²) < 4.78 is 27.8. The first kappa shape index (κ1) is 27.0. The number of nitrogens with one attached hydrogen (secondary N) is 1. The number of likely N-dealkylation sites (tertiary alicyclic amines) is 1. The number of aromatic amines is 1. The second kappa shape index (κ2) is 10.9. The normalized spacial score (nSPS) is 20.4. The Morgan fingerprint density at radius 2 is 1.74 bits per heavy atom. The van der Waals surface area contributed by atoms with E-state index in [0.717, 1.165) is 16.7 Å². The molecule has 1 N–H and O–H groups in total. The van der Waals surface area contributed by atoms with Crippen molar-refractivity contribution in [3.05, 3.63) is 94.4 Å². The molecule has 5 rings (SSSR count). The lowest BCUT2D eigenvalue weighted by Gasteiger charge is -2.29. The standard InChI is InChI=1S/C30H33N3O5S/c1-20(2)16-25(23-11-6-10-22(17-23)21-8-4-3-5-9-21)30(36)32-15-13-26-28(32)27(34)18-33(26)39(37,38)19-24-12-7-14-31-29(24)35/h3-12,14,17,20,25-26,28H,13,15-16,18-19H2,1-2H3,(H,31,35). The average molecular weight is 548 g/mol. The zero-order valence-corrected chi connectivity index (χ0v) is 22.9. The average Bonchev–Trinajstić information content (AvgIpc) is 3.50. The molecule has 2 aromatic carbocycles. The van der Waals surface area contributed by atoms with Gasteiger partial charge in [-0.15, -0.1) is 0 Å². The summed E-state index contributed by atoms with van der Waals surface area (Å²) in [5.74, 6) is -1.13. The van der Waals surface area contributed by atoms with E-state index >= 15 is 0 Å². The number of Topliss-reactive ketones (excluding diaryl/α,β-unsaturated/α-hetero) is 1. The number of benzene rings is 2. The van der Waals surface area contributed by atoms with Crippen molar-refractivity contribution in [2.45, 2.75) is 50.4 Å². The highest BCUT2D eigenvalue weighted by Crippen LogP contribution is 2.37. The number of amides is 1. The van der Waals surface area contributed by atoms with Crippen molar-refractivity contribution in [1.29, 1.82) is 0 Å². The van der Waals surface area contributed by atoms with Crippen molar-refractivity contribution >= 4 is 21.7 Å². The molecule has 9 heteroatoms. The Morgan fingerprint density at radius 3 is 2.46 bits per heavy atom. The molecule has 204 valence electrons. The van der Waals surface area contributed by atoms with Crippen LogP contribution in [0.1, 0.15) is 43.7 Å². The Hall–Kier alpha value is -3.56. The van der Waals surface area contributed by atoms with Gasteiger partial charge in [-0.05, 0) is 41.5 Å². The Morgan fingerprint density at radius 1 is 1.00 bits per heavy atom. The topological polar surface area (TPSA) is 108 Å². The molecule has 1 amide bonds.